The first-order valence-electron chi connectivity index (χ1n) is 8.77. The van der Waals surface area contributed by atoms with Crippen LogP contribution in [-0.2, 0) is 19.7 Å². The topological polar surface area (TPSA) is 23.5 Å². The van der Waals surface area contributed by atoms with Crippen molar-refractivity contribution in [1.82, 2.24) is 4.90 Å². The highest BCUT2D eigenvalue weighted by atomic mass is 16.3. The molecule has 0 amide bonds. The van der Waals surface area contributed by atoms with Crippen molar-refractivity contribution < 1.29 is 5.11 Å². The molecule has 0 aromatic heterocycles. The minimum Gasteiger partial charge on any atom is -0.392 e. The van der Waals surface area contributed by atoms with Crippen LogP contribution in [0, 0.1) is 0 Å². The number of fused-ring (bicyclic) bond motifs is 1. The molecule has 0 unspecified atom stereocenters. The minimum atomic E-state index is 0.158. The molecule has 118 valence electrons. The Morgan fingerprint density at radius 1 is 0.905 bits per heavy atom. The number of aliphatic hydroxyl groups excluding tert-OH is 1. The van der Waals surface area contributed by atoms with E-state index < -0.39 is 0 Å². The van der Waals surface area contributed by atoms with E-state index in [0.29, 0.717) is 0 Å². The summed E-state index contributed by atoms with van der Waals surface area (Å²) in [4.78, 5) is 2.54. The van der Waals surface area contributed by atoms with E-state index in [-0.39, 0.29) is 6.61 Å². The maximum absolute atomic E-state index is 9.20. The first-order chi connectivity index (χ1) is 10.3. The van der Waals surface area contributed by atoms with Gasteiger partial charge in [-0.3, -0.25) is 4.90 Å². The average Bonchev–Trinajstić information content (AvgIpc) is 2.91. The molecule has 2 rings (SSSR count). The lowest BCUT2D eigenvalue weighted by molar-refractivity contribution is 0.275. The van der Waals surface area contributed by atoms with Gasteiger partial charge in [0, 0.05) is 13.1 Å². The van der Waals surface area contributed by atoms with E-state index in [4.69, 9.17) is 0 Å². The van der Waals surface area contributed by atoms with Gasteiger partial charge in [-0.2, -0.15) is 0 Å². The fourth-order valence-corrected chi connectivity index (χ4v) is 3.24. The van der Waals surface area contributed by atoms with Crippen molar-refractivity contribution in [3.05, 3.63) is 34.9 Å². The smallest absolute Gasteiger partial charge is 0.0681 e. The highest BCUT2D eigenvalue weighted by molar-refractivity contribution is 5.34. The number of hydrogen-bond donors (Lipinski definition) is 1. The molecule has 0 atom stereocenters. The molecule has 0 radical (unpaired) electrons. The van der Waals surface area contributed by atoms with Crippen LogP contribution in [0.1, 0.15) is 75.0 Å². The van der Waals surface area contributed by atoms with Crippen molar-refractivity contribution >= 4 is 0 Å². The van der Waals surface area contributed by atoms with Crippen LogP contribution in [0.4, 0.5) is 0 Å². The van der Waals surface area contributed by atoms with E-state index in [2.05, 4.69) is 30.0 Å². The summed E-state index contributed by atoms with van der Waals surface area (Å²) >= 11 is 0. The summed E-state index contributed by atoms with van der Waals surface area (Å²) in [6.07, 6.45) is 11.1. The van der Waals surface area contributed by atoms with E-state index >= 15 is 0 Å². The van der Waals surface area contributed by atoms with Gasteiger partial charge in [-0.05, 0) is 29.7 Å². The minimum absolute atomic E-state index is 0.158. The molecule has 1 aliphatic heterocycles. The molecule has 1 N–H and O–H groups in total. The first kappa shape index (κ1) is 16.5. The molecular formula is C19H31NO. The summed E-state index contributed by atoms with van der Waals surface area (Å²) in [5, 5.41) is 9.20. The Labute approximate surface area is 130 Å². The Morgan fingerprint density at radius 2 is 1.57 bits per heavy atom. The molecule has 0 saturated carbocycles. The van der Waals surface area contributed by atoms with E-state index in [0.717, 1.165) is 18.7 Å². The number of hydrogen-bond acceptors (Lipinski definition) is 2. The van der Waals surface area contributed by atoms with Crippen molar-refractivity contribution in [2.24, 2.45) is 0 Å². The zero-order valence-corrected chi connectivity index (χ0v) is 13.6. The molecule has 0 spiro atoms. The van der Waals surface area contributed by atoms with Crippen LogP contribution in [0.2, 0.25) is 0 Å². The molecule has 2 nitrogen and oxygen atoms in total. The molecule has 21 heavy (non-hydrogen) atoms. The molecule has 0 fully saturated rings. The quantitative estimate of drug-likeness (QED) is 0.635. The number of aliphatic hydroxyl groups is 1. The Morgan fingerprint density at radius 3 is 2.29 bits per heavy atom. The van der Waals surface area contributed by atoms with Crippen molar-refractivity contribution in [2.45, 2.75) is 78.0 Å². The van der Waals surface area contributed by atoms with Crippen LogP contribution in [0.3, 0.4) is 0 Å². The second-order valence-corrected chi connectivity index (χ2v) is 6.45. The van der Waals surface area contributed by atoms with Gasteiger partial charge >= 0.3 is 0 Å². The summed E-state index contributed by atoms with van der Waals surface area (Å²) in [5.74, 6) is 0. The zero-order valence-electron chi connectivity index (χ0n) is 13.6. The molecular weight excluding hydrogens is 258 g/mol. The second-order valence-electron chi connectivity index (χ2n) is 6.45. The van der Waals surface area contributed by atoms with Crippen molar-refractivity contribution in [3.8, 4) is 0 Å². The normalized spacial score (nSPS) is 14.6. The number of unbranched alkanes of at least 4 members (excludes halogenated alkanes) is 7. The lowest BCUT2D eigenvalue weighted by Crippen LogP contribution is -2.17. The van der Waals surface area contributed by atoms with Crippen molar-refractivity contribution in [2.75, 3.05) is 6.54 Å². The standard InChI is InChI=1S/C19H31NO/c1-2-3-4-5-6-7-8-9-12-20-14-18-11-10-17(16-21)13-19(18)15-20/h10-11,13,21H,2-9,12,14-16H2,1H3. The summed E-state index contributed by atoms with van der Waals surface area (Å²) in [7, 11) is 0. The van der Waals surface area contributed by atoms with Gasteiger partial charge in [0.25, 0.3) is 0 Å². The van der Waals surface area contributed by atoms with Crippen molar-refractivity contribution in [3.63, 3.8) is 0 Å². The predicted octanol–water partition coefficient (Wildman–Crippen LogP) is 4.64. The molecule has 1 aromatic rings. The summed E-state index contributed by atoms with van der Waals surface area (Å²) in [6.45, 7) is 5.82. The molecule has 1 aromatic carbocycles. The zero-order chi connectivity index (χ0) is 14.9. The lowest BCUT2D eigenvalue weighted by Gasteiger charge is -2.14. The maximum Gasteiger partial charge on any atom is 0.0681 e. The highest BCUT2D eigenvalue weighted by Gasteiger charge is 2.18. The molecule has 1 aliphatic rings. The first-order valence-corrected chi connectivity index (χ1v) is 8.77. The Kier molecular flexibility index (Phi) is 7.25. The molecule has 0 bridgehead atoms. The predicted molar refractivity (Wildman–Crippen MR) is 89.1 cm³/mol. The average molecular weight is 289 g/mol. The monoisotopic (exact) mass is 289 g/mol. The maximum atomic E-state index is 9.20. The Bertz CT molecular complexity index is 416. The third-order valence-electron chi connectivity index (χ3n) is 4.57. The largest absolute Gasteiger partial charge is 0.392 e. The molecule has 1 heterocycles. The van der Waals surface area contributed by atoms with Gasteiger partial charge in [0.1, 0.15) is 0 Å². The van der Waals surface area contributed by atoms with Gasteiger partial charge in [-0.25, -0.2) is 0 Å². The lowest BCUT2D eigenvalue weighted by atomic mass is 10.1. The van der Waals surface area contributed by atoms with E-state index in [9.17, 15) is 5.11 Å². The van der Waals surface area contributed by atoms with Gasteiger partial charge in [0.2, 0.25) is 0 Å². The van der Waals surface area contributed by atoms with Crippen molar-refractivity contribution in [1.29, 1.82) is 0 Å². The third-order valence-corrected chi connectivity index (χ3v) is 4.57. The Balaban J connectivity index is 1.57. The van der Waals surface area contributed by atoms with Crippen LogP contribution in [0.15, 0.2) is 18.2 Å². The fraction of sp³-hybridized carbons (Fsp3) is 0.684. The van der Waals surface area contributed by atoms with Gasteiger partial charge in [0.15, 0.2) is 0 Å². The van der Waals surface area contributed by atoms with Crippen LogP contribution < -0.4 is 0 Å². The van der Waals surface area contributed by atoms with E-state index in [1.54, 1.807) is 0 Å². The Hall–Kier alpha value is -0.860. The van der Waals surface area contributed by atoms with Crippen LogP contribution in [0.5, 0.6) is 0 Å². The van der Waals surface area contributed by atoms with Gasteiger partial charge in [-0.1, -0.05) is 70.1 Å². The van der Waals surface area contributed by atoms with Gasteiger partial charge < -0.3 is 5.11 Å². The third kappa shape index (κ3) is 5.44. The van der Waals surface area contributed by atoms with Crippen LogP contribution in [-0.4, -0.2) is 16.6 Å². The van der Waals surface area contributed by atoms with E-state index in [1.807, 2.05) is 0 Å². The molecule has 0 saturated heterocycles. The second kappa shape index (κ2) is 9.22. The fourth-order valence-electron chi connectivity index (χ4n) is 3.24. The van der Waals surface area contributed by atoms with Crippen LogP contribution >= 0.6 is 0 Å². The molecule has 2 heteroatoms. The summed E-state index contributed by atoms with van der Waals surface area (Å²) in [5.41, 5.74) is 3.91. The number of nitrogens with zero attached hydrogens (tertiary/aromatic N) is 1. The summed E-state index contributed by atoms with van der Waals surface area (Å²) in [6, 6.07) is 6.41. The van der Waals surface area contributed by atoms with E-state index in [1.165, 1.54) is 69.0 Å². The summed E-state index contributed by atoms with van der Waals surface area (Å²) < 4.78 is 0. The van der Waals surface area contributed by atoms with Gasteiger partial charge in [-0.15, -0.1) is 0 Å². The number of rotatable bonds is 10. The highest BCUT2D eigenvalue weighted by Crippen LogP contribution is 2.24. The SMILES string of the molecule is CCCCCCCCCCN1Cc2ccc(CO)cc2C1. The number of benzene rings is 1. The molecule has 0 aliphatic carbocycles. The van der Waals surface area contributed by atoms with Gasteiger partial charge in [0.05, 0.1) is 6.61 Å². The van der Waals surface area contributed by atoms with Crippen LogP contribution in [0.25, 0.3) is 0 Å².